The summed E-state index contributed by atoms with van der Waals surface area (Å²) in [5.41, 5.74) is 1.04. The summed E-state index contributed by atoms with van der Waals surface area (Å²) in [5, 5.41) is 3.26. The molecule has 3 aromatic rings. The van der Waals surface area contributed by atoms with Crippen molar-refractivity contribution in [3.63, 3.8) is 0 Å². The molecule has 39 heavy (non-hydrogen) atoms. The first-order valence-corrected chi connectivity index (χ1v) is 14.6. The van der Waals surface area contributed by atoms with Crippen LogP contribution in [0.2, 0.25) is 5.02 Å². The molecule has 3 rings (SSSR count). The number of amides is 2. The number of benzene rings is 3. The van der Waals surface area contributed by atoms with E-state index >= 15 is 0 Å². The van der Waals surface area contributed by atoms with Crippen LogP contribution in [0, 0.1) is 5.82 Å². The molecule has 0 bridgehead atoms. The summed E-state index contributed by atoms with van der Waals surface area (Å²) in [6, 6.07) is 20.0. The molecule has 0 aliphatic carbocycles. The van der Waals surface area contributed by atoms with Gasteiger partial charge in [-0.1, -0.05) is 60.1 Å². The molecule has 0 fully saturated rings. The fraction of sp³-hybridized carbons (Fsp3) is 0.310. The van der Waals surface area contributed by atoms with Crippen molar-refractivity contribution in [1.29, 1.82) is 0 Å². The lowest BCUT2D eigenvalue weighted by Crippen LogP contribution is -2.56. The summed E-state index contributed by atoms with van der Waals surface area (Å²) in [6.45, 7) is 4.90. The molecule has 0 aromatic heterocycles. The Balaban J connectivity index is 2.07. The van der Waals surface area contributed by atoms with E-state index in [0.717, 1.165) is 16.1 Å². The van der Waals surface area contributed by atoms with Crippen LogP contribution in [0.1, 0.15) is 31.9 Å². The van der Waals surface area contributed by atoms with Gasteiger partial charge in [-0.3, -0.25) is 13.9 Å². The number of sulfonamides is 1. The SMILES string of the molecule is CC(C)(C)NC(=O)[C@H](Cc1ccccc1)N(Cc1ccc(F)cc1)C(=O)CN(c1cccc(Cl)c1)S(C)(=O)=O. The van der Waals surface area contributed by atoms with Gasteiger partial charge in [0.05, 0.1) is 11.9 Å². The third-order valence-corrected chi connectivity index (χ3v) is 7.19. The minimum Gasteiger partial charge on any atom is -0.350 e. The van der Waals surface area contributed by atoms with Crippen LogP contribution in [0.4, 0.5) is 10.1 Å². The number of nitrogens with one attached hydrogen (secondary N) is 1. The summed E-state index contributed by atoms with van der Waals surface area (Å²) in [5.74, 6) is -1.43. The Morgan fingerprint density at radius 1 is 0.949 bits per heavy atom. The van der Waals surface area contributed by atoms with Gasteiger partial charge in [0.2, 0.25) is 21.8 Å². The zero-order valence-corrected chi connectivity index (χ0v) is 24.0. The summed E-state index contributed by atoms with van der Waals surface area (Å²) in [4.78, 5) is 29.0. The van der Waals surface area contributed by atoms with Crippen LogP contribution in [0.5, 0.6) is 0 Å². The van der Waals surface area contributed by atoms with Gasteiger partial charge in [-0.15, -0.1) is 0 Å². The molecule has 0 saturated heterocycles. The number of hydrogen-bond donors (Lipinski definition) is 1. The van der Waals surface area contributed by atoms with Crippen molar-refractivity contribution in [1.82, 2.24) is 10.2 Å². The van der Waals surface area contributed by atoms with Gasteiger partial charge in [0.1, 0.15) is 18.4 Å². The predicted molar refractivity (Wildman–Crippen MR) is 152 cm³/mol. The molecule has 208 valence electrons. The lowest BCUT2D eigenvalue weighted by atomic mass is 10.0. The molecular formula is C29H33ClFN3O4S. The maximum absolute atomic E-state index is 14.0. The van der Waals surface area contributed by atoms with Gasteiger partial charge in [0.15, 0.2) is 0 Å². The van der Waals surface area contributed by atoms with Gasteiger partial charge in [0.25, 0.3) is 0 Å². The number of carbonyl (C=O) groups excluding carboxylic acids is 2. The Bertz CT molecular complexity index is 1390. The number of nitrogens with zero attached hydrogens (tertiary/aromatic N) is 2. The van der Waals surface area contributed by atoms with Gasteiger partial charge in [-0.25, -0.2) is 12.8 Å². The molecule has 0 unspecified atom stereocenters. The Morgan fingerprint density at radius 2 is 1.59 bits per heavy atom. The molecule has 0 heterocycles. The minimum atomic E-state index is -3.90. The number of rotatable bonds is 10. The first kappa shape index (κ1) is 30.1. The standard InChI is InChI=1S/C29H33ClFN3O4S/c1-29(2,3)32-28(36)26(17-21-9-6-5-7-10-21)33(19-22-13-15-24(31)16-14-22)27(35)20-34(39(4,37)38)25-12-8-11-23(30)18-25/h5-16,18,26H,17,19-20H2,1-4H3,(H,32,36)/t26-/m0/s1. The van der Waals surface area contributed by atoms with Gasteiger partial charge < -0.3 is 10.2 Å². The predicted octanol–water partition coefficient (Wildman–Crippen LogP) is 4.80. The van der Waals surface area contributed by atoms with Crippen molar-refractivity contribution in [3.8, 4) is 0 Å². The highest BCUT2D eigenvalue weighted by Crippen LogP contribution is 2.23. The molecule has 1 N–H and O–H groups in total. The second kappa shape index (κ2) is 12.6. The smallest absolute Gasteiger partial charge is 0.244 e. The van der Waals surface area contributed by atoms with Crippen molar-refractivity contribution >= 4 is 39.1 Å². The van der Waals surface area contributed by atoms with Crippen molar-refractivity contribution in [3.05, 3.63) is 101 Å². The van der Waals surface area contributed by atoms with Crippen molar-refractivity contribution < 1.29 is 22.4 Å². The zero-order valence-electron chi connectivity index (χ0n) is 22.4. The minimum absolute atomic E-state index is 0.0404. The number of anilines is 1. The largest absolute Gasteiger partial charge is 0.350 e. The molecule has 0 radical (unpaired) electrons. The van der Waals surface area contributed by atoms with Crippen molar-refractivity contribution in [2.75, 3.05) is 17.1 Å². The molecule has 7 nitrogen and oxygen atoms in total. The normalized spacial score (nSPS) is 12.5. The van der Waals surface area contributed by atoms with E-state index in [1.165, 1.54) is 41.3 Å². The highest BCUT2D eigenvalue weighted by Gasteiger charge is 2.34. The first-order valence-electron chi connectivity index (χ1n) is 12.4. The van der Waals surface area contributed by atoms with Crippen LogP contribution in [-0.2, 0) is 32.6 Å². The fourth-order valence-corrected chi connectivity index (χ4v) is 5.06. The molecular weight excluding hydrogens is 541 g/mol. The lowest BCUT2D eigenvalue weighted by molar-refractivity contribution is -0.140. The van der Waals surface area contributed by atoms with E-state index < -0.39 is 45.8 Å². The molecule has 1 atom stereocenters. The summed E-state index contributed by atoms with van der Waals surface area (Å²) >= 11 is 6.10. The maximum Gasteiger partial charge on any atom is 0.244 e. The Kier molecular flexibility index (Phi) is 9.74. The van der Waals surface area contributed by atoms with Gasteiger partial charge >= 0.3 is 0 Å². The van der Waals surface area contributed by atoms with E-state index in [1.54, 1.807) is 12.1 Å². The lowest BCUT2D eigenvalue weighted by Gasteiger charge is -2.35. The second-order valence-corrected chi connectivity index (χ2v) is 12.7. The van der Waals surface area contributed by atoms with E-state index in [1.807, 2.05) is 51.1 Å². The third kappa shape index (κ3) is 9.07. The third-order valence-electron chi connectivity index (χ3n) is 5.81. The van der Waals surface area contributed by atoms with E-state index in [0.29, 0.717) is 10.6 Å². The average molecular weight is 574 g/mol. The summed E-state index contributed by atoms with van der Waals surface area (Å²) < 4.78 is 40.1. The summed E-state index contributed by atoms with van der Waals surface area (Å²) in [7, 11) is -3.90. The Hall–Kier alpha value is -3.43. The molecule has 0 saturated carbocycles. The molecule has 10 heteroatoms. The van der Waals surface area contributed by atoms with E-state index in [4.69, 9.17) is 11.6 Å². The van der Waals surface area contributed by atoms with Gasteiger partial charge in [-0.2, -0.15) is 0 Å². The molecule has 0 aliphatic heterocycles. The number of carbonyl (C=O) groups is 2. The average Bonchev–Trinajstić information content (AvgIpc) is 2.84. The van der Waals surface area contributed by atoms with E-state index in [-0.39, 0.29) is 18.7 Å². The van der Waals surface area contributed by atoms with Crippen molar-refractivity contribution in [2.24, 2.45) is 0 Å². The fourth-order valence-electron chi connectivity index (χ4n) is 4.04. The Morgan fingerprint density at radius 3 is 2.15 bits per heavy atom. The van der Waals surface area contributed by atoms with Crippen LogP contribution < -0.4 is 9.62 Å². The number of hydrogen-bond acceptors (Lipinski definition) is 4. The highest BCUT2D eigenvalue weighted by molar-refractivity contribution is 7.92. The molecule has 0 aliphatic rings. The topological polar surface area (TPSA) is 86.8 Å². The van der Waals surface area contributed by atoms with Gasteiger partial charge in [-0.05, 0) is 62.2 Å². The molecule has 2 amide bonds. The van der Waals surface area contributed by atoms with Crippen LogP contribution in [0.25, 0.3) is 0 Å². The number of halogens is 2. The second-order valence-electron chi connectivity index (χ2n) is 10.3. The quantitative estimate of drug-likeness (QED) is 0.377. The van der Waals surface area contributed by atoms with Crippen LogP contribution in [-0.4, -0.2) is 49.5 Å². The first-order chi connectivity index (χ1) is 18.2. The Labute approximate surface area is 234 Å². The molecule has 3 aromatic carbocycles. The van der Waals surface area contributed by atoms with Crippen LogP contribution in [0.3, 0.4) is 0 Å². The highest BCUT2D eigenvalue weighted by atomic mass is 35.5. The van der Waals surface area contributed by atoms with Crippen molar-refractivity contribution in [2.45, 2.75) is 45.3 Å². The van der Waals surface area contributed by atoms with Gasteiger partial charge in [0, 0.05) is 23.5 Å². The van der Waals surface area contributed by atoms with E-state index in [2.05, 4.69) is 5.32 Å². The zero-order chi connectivity index (χ0) is 28.8. The van der Waals surface area contributed by atoms with Crippen LogP contribution >= 0.6 is 11.6 Å². The molecule has 0 spiro atoms. The summed E-state index contributed by atoms with van der Waals surface area (Å²) in [6.07, 6.45) is 1.19. The monoisotopic (exact) mass is 573 g/mol. The van der Waals surface area contributed by atoms with Crippen LogP contribution in [0.15, 0.2) is 78.9 Å². The van der Waals surface area contributed by atoms with E-state index in [9.17, 15) is 22.4 Å². The maximum atomic E-state index is 14.0.